The van der Waals surface area contributed by atoms with Gasteiger partial charge in [-0.05, 0) is 54.6 Å². The van der Waals surface area contributed by atoms with Crippen molar-refractivity contribution in [2.24, 2.45) is 0 Å². The number of amides is 2. The van der Waals surface area contributed by atoms with Gasteiger partial charge in [0.1, 0.15) is 0 Å². The number of imide groups is 1. The van der Waals surface area contributed by atoms with E-state index in [0.717, 1.165) is 11.8 Å². The van der Waals surface area contributed by atoms with Crippen LogP contribution in [0.2, 0.25) is 0 Å². The Bertz CT molecular complexity index is 918. The largest absolute Gasteiger partial charge is 0.478 e. The van der Waals surface area contributed by atoms with Gasteiger partial charge >= 0.3 is 5.97 Å². The smallest absolute Gasteiger partial charge is 0.335 e. The van der Waals surface area contributed by atoms with E-state index < -0.39 is 5.97 Å². The zero-order valence-electron chi connectivity index (χ0n) is 14.6. The highest BCUT2D eigenvalue weighted by molar-refractivity contribution is 8.18. The first-order valence-corrected chi connectivity index (χ1v) is 9.08. The summed E-state index contributed by atoms with van der Waals surface area (Å²) in [4.78, 5) is 37.4. The van der Waals surface area contributed by atoms with E-state index in [9.17, 15) is 14.4 Å². The van der Waals surface area contributed by atoms with Crippen molar-refractivity contribution in [3.05, 3.63) is 58.8 Å². The van der Waals surface area contributed by atoms with Crippen LogP contribution in [0.3, 0.4) is 0 Å². The number of aromatic nitrogens is 1. The molecule has 1 aromatic heterocycles. The van der Waals surface area contributed by atoms with Gasteiger partial charge in [-0.15, -0.1) is 0 Å². The molecule has 1 aliphatic rings. The lowest BCUT2D eigenvalue weighted by Gasteiger charge is -2.11. The van der Waals surface area contributed by atoms with Gasteiger partial charge in [0.25, 0.3) is 11.1 Å². The van der Waals surface area contributed by atoms with Crippen molar-refractivity contribution in [2.75, 3.05) is 20.3 Å². The number of ether oxygens (including phenoxy) is 1. The molecule has 0 bridgehead atoms. The first-order chi connectivity index (χ1) is 13.0. The maximum atomic E-state index is 12.5. The number of benzene rings is 1. The van der Waals surface area contributed by atoms with E-state index in [4.69, 9.17) is 9.84 Å². The summed E-state index contributed by atoms with van der Waals surface area (Å²) in [6.07, 6.45) is 4.00. The van der Waals surface area contributed by atoms with Gasteiger partial charge in [-0.3, -0.25) is 14.5 Å². The quantitative estimate of drug-likeness (QED) is 0.580. The van der Waals surface area contributed by atoms with Crippen LogP contribution in [0, 0.1) is 0 Å². The molecule has 1 aliphatic heterocycles. The lowest BCUT2D eigenvalue weighted by Crippen LogP contribution is -2.29. The third kappa shape index (κ3) is 4.12. The number of carbonyl (C=O) groups excluding carboxylic acids is 2. The molecular weight excluding hydrogens is 368 g/mol. The fraction of sp³-hybridized carbons (Fsp3) is 0.211. The average Bonchev–Trinajstić information content (AvgIpc) is 3.22. The van der Waals surface area contributed by atoms with Gasteiger partial charge in [0.15, 0.2) is 0 Å². The van der Waals surface area contributed by atoms with Crippen LogP contribution in [0.4, 0.5) is 4.79 Å². The van der Waals surface area contributed by atoms with Crippen molar-refractivity contribution >= 4 is 35.0 Å². The van der Waals surface area contributed by atoms with Gasteiger partial charge in [-0.25, -0.2) is 4.79 Å². The molecule has 27 heavy (non-hydrogen) atoms. The molecule has 0 aliphatic carbocycles. The highest BCUT2D eigenvalue weighted by Gasteiger charge is 2.34. The summed E-state index contributed by atoms with van der Waals surface area (Å²) in [5.74, 6) is -1.34. The minimum atomic E-state index is -1.01. The Kier molecular flexibility index (Phi) is 5.78. The second-order valence-electron chi connectivity index (χ2n) is 5.84. The topological polar surface area (TPSA) is 88.8 Å². The highest BCUT2D eigenvalue weighted by Crippen LogP contribution is 2.32. The van der Waals surface area contributed by atoms with E-state index in [2.05, 4.69) is 0 Å². The van der Waals surface area contributed by atoms with Crippen LogP contribution in [0.5, 0.6) is 0 Å². The third-order valence-electron chi connectivity index (χ3n) is 4.03. The standard InChI is InChI=1S/C19H18N2O5S/c1-26-10-4-9-21-17(22)16(27-19(21)25)12-15-7-3-8-20(15)14-6-2-5-13(11-14)18(23)24/h2-3,5-8,11-12H,4,9-10H2,1H3,(H,23,24)/b16-12+. The Labute approximate surface area is 160 Å². The predicted octanol–water partition coefficient (Wildman–Crippen LogP) is 3.25. The van der Waals surface area contributed by atoms with E-state index in [1.165, 1.54) is 11.0 Å². The van der Waals surface area contributed by atoms with Gasteiger partial charge in [0.2, 0.25) is 0 Å². The average molecular weight is 386 g/mol. The summed E-state index contributed by atoms with van der Waals surface area (Å²) in [5, 5.41) is 8.87. The summed E-state index contributed by atoms with van der Waals surface area (Å²) < 4.78 is 6.73. The van der Waals surface area contributed by atoms with Gasteiger partial charge in [0.05, 0.1) is 10.5 Å². The molecule has 7 nitrogen and oxygen atoms in total. The monoisotopic (exact) mass is 386 g/mol. The molecule has 0 saturated carbocycles. The zero-order valence-corrected chi connectivity index (χ0v) is 15.4. The maximum absolute atomic E-state index is 12.5. The SMILES string of the molecule is COCCCN1C(=O)S/C(=C/c2cccn2-c2cccc(C(=O)O)c2)C1=O. The number of nitrogens with zero attached hydrogens (tertiary/aromatic N) is 2. The normalized spacial score (nSPS) is 15.7. The van der Waals surface area contributed by atoms with Crippen molar-refractivity contribution in [1.29, 1.82) is 0 Å². The summed E-state index contributed by atoms with van der Waals surface area (Å²) >= 11 is 0.900. The second-order valence-corrected chi connectivity index (χ2v) is 6.83. The van der Waals surface area contributed by atoms with Crippen LogP contribution in [-0.4, -0.2) is 52.0 Å². The summed E-state index contributed by atoms with van der Waals surface area (Å²) in [6, 6.07) is 10.1. The molecule has 0 unspecified atom stereocenters. The number of methoxy groups -OCH3 is 1. The minimum absolute atomic E-state index is 0.172. The molecule has 1 aromatic carbocycles. The van der Waals surface area contributed by atoms with Crippen LogP contribution in [0.25, 0.3) is 11.8 Å². The van der Waals surface area contributed by atoms with Gasteiger partial charge in [-0.1, -0.05) is 6.07 Å². The number of carbonyl (C=O) groups is 3. The Morgan fingerprint density at radius 2 is 2.07 bits per heavy atom. The van der Waals surface area contributed by atoms with Crippen molar-refractivity contribution in [3.8, 4) is 5.69 Å². The number of carboxylic acid groups (broad SMARTS) is 1. The van der Waals surface area contributed by atoms with Crippen molar-refractivity contribution in [1.82, 2.24) is 9.47 Å². The Balaban J connectivity index is 1.86. The first-order valence-electron chi connectivity index (χ1n) is 8.26. The number of carboxylic acids is 1. The number of hydrogen-bond donors (Lipinski definition) is 1. The summed E-state index contributed by atoms with van der Waals surface area (Å²) in [6.45, 7) is 0.793. The molecule has 8 heteroatoms. The van der Waals surface area contributed by atoms with Crippen LogP contribution in [-0.2, 0) is 9.53 Å². The van der Waals surface area contributed by atoms with Crippen molar-refractivity contribution in [3.63, 3.8) is 0 Å². The Morgan fingerprint density at radius 3 is 2.81 bits per heavy atom. The molecule has 0 radical (unpaired) electrons. The van der Waals surface area contributed by atoms with Crippen LogP contribution >= 0.6 is 11.8 Å². The van der Waals surface area contributed by atoms with E-state index >= 15 is 0 Å². The summed E-state index contributed by atoms with van der Waals surface area (Å²) in [5.41, 5.74) is 1.51. The van der Waals surface area contributed by atoms with Gasteiger partial charge in [-0.2, -0.15) is 0 Å². The molecule has 0 atom stereocenters. The Morgan fingerprint density at radius 1 is 1.26 bits per heavy atom. The highest BCUT2D eigenvalue weighted by atomic mass is 32.2. The third-order valence-corrected chi connectivity index (χ3v) is 4.94. The summed E-state index contributed by atoms with van der Waals surface area (Å²) in [7, 11) is 1.57. The fourth-order valence-electron chi connectivity index (χ4n) is 2.73. The van der Waals surface area contributed by atoms with Crippen LogP contribution in [0.1, 0.15) is 22.5 Å². The number of hydrogen-bond acceptors (Lipinski definition) is 5. The molecule has 1 fully saturated rings. The molecule has 140 valence electrons. The van der Waals surface area contributed by atoms with Gasteiger partial charge < -0.3 is 14.4 Å². The van der Waals surface area contributed by atoms with Crippen LogP contribution in [0.15, 0.2) is 47.5 Å². The number of thioether (sulfide) groups is 1. The van der Waals surface area contributed by atoms with Crippen LogP contribution < -0.4 is 0 Å². The Hall–Kier alpha value is -2.84. The zero-order chi connectivity index (χ0) is 19.4. The fourth-order valence-corrected chi connectivity index (χ4v) is 3.58. The minimum Gasteiger partial charge on any atom is -0.478 e. The lowest BCUT2D eigenvalue weighted by atomic mass is 10.2. The van der Waals surface area contributed by atoms with E-state index in [1.54, 1.807) is 54.3 Å². The molecule has 2 aromatic rings. The van der Waals surface area contributed by atoms with E-state index in [-0.39, 0.29) is 16.7 Å². The van der Waals surface area contributed by atoms with E-state index in [1.807, 2.05) is 0 Å². The predicted molar refractivity (Wildman–Crippen MR) is 102 cm³/mol. The molecule has 1 saturated heterocycles. The van der Waals surface area contributed by atoms with Gasteiger partial charge in [0, 0.05) is 37.8 Å². The van der Waals surface area contributed by atoms with E-state index in [0.29, 0.717) is 35.9 Å². The molecule has 1 N–H and O–H groups in total. The first kappa shape index (κ1) is 18.9. The number of aromatic carboxylic acids is 1. The molecule has 0 spiro atoms. The molecule has 3 rings (SSSR count). The maximum Gasteiger partial charge on any atom is 0.335 e. The van der Waals surface area contributed by atoms with Crippen molar-refractivity contribution < 1.29 is 24.2 Å². The lowest BCUT2D eigenvalue weighted by molar-refractivity contribution is -0.122. The second kappa shape index (κ2) is 8.24. The molecular formula is C19H18N2O5S. The molecule has 2 amide bonds. The van der Waals surface area contributed by atoms with Crippen molar-refractivity contribution in [2.45, 2.75) is 6.42 Å². The number of rotatable bonds is 7. The molecule has 2 heterocycles.